The van der Waals surface area contributed by atoms with Crippen LogP contribution in [0.1, 0.15) is 16.7 Å². The van der Waals surface area contributed by atoms with E-state index >= 15 is 0 Å². The van der Waals surface area contributed by atoms with Gasteiger partial charge in [-0.15, -0.1) is 0 Å². The molecule has 3 aromatic rings. The van der Waals surface area contributed by atoms with E-state index in [1.165, 1.54) is 58.8 Å². The minimum Gasteiger partial charge on any atom is -0.508 e. The smallest absolute Gasteiger partial charge is 0.203 e. The van der Waals surface area contributed by atoms with E-state index in [1.54, 1.807) is 30.4 Å². The molecule has 0 radical (unpaired) electrons. The van der Waals surface area contributed by atoms with Gasteiger partial charge in [0.1, 0.15) is 5.75 Å². The molecule has 0 spiro atoms. The Kier molecular flexibility index (Phi) is 7.57. The fraction of sp³-hybridized carbons (Fsp3) is 0.200. The third-order valence-corrected chi connectivity index (χ3v) is 6.81. The summed E-state index contributed by atoms with van der Waals surface area (Å²) >= 11 is 0. The van der Waals surface area contributed by atoms with E-state index in [0.717, 1.165) is 0 Å². The van der Waals surface area contributed by atoms with Crippen LogP contribution in [-0.4, -0.2) is 47.1 Å². The van der Waals surface area contributed by atoms with E-state index in [1.807, 2.05) is 0 Å². The first-order chi connectivity index (χ1) is 16.2. The second-order valence-electron chi connectivity index (χ2n) is 7.23. The van der Waals surface area contributed by atoms with Crippen molar-refractivity contribution in [2.75, 3.05) is 28.4 Å². The van der Waals surface area contributed by atoms with Gasteiger partial charge in [0.2, 0.25) is 5.75 Å². The van der Waals surface area contributed by atoms with Crippen LogP contribution in [-0.2, 0) is 15.6 Å². The van der Waals surface area contributed by atoms with Crippen LogP contribution >= 0.6 is 0 Å². The first-order valence-corrected chi connectivity index (χ1v) is 11.8. The SMILES string of the molecule is COc1cc(/C=C\c2ccc(O)c(OC)c2CS(=O)(=O)c2ccc(O)cc2)cc(OC)c1OC. The lowest BCUT2D eigenvalue weighted by molar-refractivity contribution is 0.324. The van der Waals surface area contributed by atoms with Crippen LogP contribution in [0.4, 0.5) is 0 Å². The lowest BCUT2D eigenvalue weighted by Gasteiger charge is -2.15. The quantitative estimate of drug-likeness (QED) is 0.431. The first kappa shape index (κ1) is 24.8. The van der Waals surface area contributed by atoms with Gasteiger partial charge in [-0.3, -0.25) is 0 Å². The number of aromatic hydroxyl groups is 2. The maximum absolute atomic E-state index is 13.1. The number of phenols is 2. The number of hydrogen-bond donors (Lipinski definition) is 2. The zero-order valence-corrected chi connectivity index (χ0v) is 20.0. The fourth-order valence-electron chi connectivity index (χ4n) is 3.47. The van der Waals surface area contributed by atoms with Crippen LogP contribution in [0, 0.1) is 0 Å². The Bertz CT molecular complexity index is 1270. The van der Waals surface area contributed by atoms with Gasteiger partial charge in [0.15, 0.2) is 32.8 Å². The van der Waals surface area contributed by atoms with E-state index in [-0.39, 0.29) is 22.1 Å². The van der Waals surface area contributed by atoms with Gasteiger partial charge in [-0.2, -0.15) is 0 Å². The number of sulfone groups is 1. The lowest BCUT2D eigenvalue weighted by Crippen LogP contribution is -2.08. The summed E-state index contributed by atoms with van der Waals surface area (Å²) in [5, 5.41) is 19.8. The van der Waals surface area contributed by atoms with E-state index < -0.39 is 15.6 Å². The molecule has 34 heavy (non-hydrogen) atoms. The van der Waals surface area contributed by atoms with E-state index in [2.05, 4.69) is 0 Å². The molecule has 0 aromatic heterocycles. The zero-order valence-electron chi connectivity index (χ0n) is 19.2. The molecule has 0 unspecified atom stereocenters. The lowest BCUT2D eigenvalue weighted by atomic mass is 10.0. The van der Waals surface area contributed by atoms with Crippen molar-refractivity contribution in [1.82, 2.24) is 0 Å². The predicted octanol–water partition coefficient (Wildman–Crippen LogP) is 4.28. The molecule has 3 aromatic carbocycles. The third kappa shape index (κ3) is 5.20. The zero-order chi connectivity index (χ0) is 24.9. The van der Waals surface area contributed by atoms with Crippen molar-refractivity contribution in [2.45, 2.75) is 10.6 Å². The molecule has 0 fully saturated rings. The van der Waals surface area contributed by atoms with Crippen molar-refractivity contribution in [3.8, 4) is 34.5 Å². The van der Waals surface area contributed by atoms with Gasteiger partial charge in [0, 0.05) is 5.56 Å². The van der Waals surface area contributed by atoms with Crippen LogP contribution in [0.5, 0.6) is 34.5 Å². The van der Waals surface area contributed by atoms with Crippen molar-refractivity contribution < 1.29 is 37.6 Å². The van der Waals surface area contributed by atoms with Gasteiger partial charge in [-0.05, 0) is 53.6 Å². The topological polar surface area (TPSA) is 112 Å². The molecule has 0 atom stereocenters. The normalized spacial score (nSPS) is 11.4. The van der Waals surface area contributed by atoms with Crippen LogP contribution in [0.3, 0.4) is 0 Å². The van der Waals surface area contributed by atoms with Crippen molar-refractivity contribution in [3.05, 3.63) is 65.2 Å². The van der Waals surface area contributed by atoms with E-state index in [9.17, 15) is 18.6 Å². The maximum atomic E-state index is 13.1. The van der Waals surface area contributed by atoms with Gasteiger partial charge in [-0.1, -0.05) is 18.2 Å². The molecule has 0 saturated carbocycles. The summed E-state index contributed by atoms with van der Waals surface area (Å²) in [7, 11) is 2.10. The maximum Gasteiger partial charge on any atom is 0.203 e. The summed E-state index contributed by atoms with van der Waals surface area (Å²) in [6.45, 7) is 0. The second kappa shape index (κ2) is 10.4. The molecule has 180 valence electrons. The highest BCUT2D eigenvalue weighted by atomic mass is 32.2. The number of methoxy groups -OCH3 is 4. The largest absolute Gasteiger partial charge is 0.508 e. The summed E-state index contributed by atoms with van der Waals surface area (Å²) in [5.74, 6) is 0.819. The van der Waals surface area contributed by atoms with Crippen LogP contribution in [0.25, 0.3) is 12.2 Å². The van der Waals surface area contributed by atoms with Crippen LogP contribution in [0.2, 0.25) is 0 Å². The molecule has 0 saturated heterocycles. The highest BCUT2D eigenvalue weighted by molar-refractivity contribution is 7.90. The van der Waals surface area contributed by atoms with Gasteiger partial charge >= 0.3 is 0 Å². The van der Waals surface area contributed by atoms with Crippen molar-refractivity contribution in [2.24, 2.45) is 0 Å². The van der Waals surface area contributed by atoms with Crippen molar-refractivity contribution in [3.63, 3.8) is 0 Å². The number of phenolic OH excluding ortho intramolecular Hbond substituents is 2. The molecule has 8 nitrogen and oxygen atoms in total. The molecule has 0 aliphatic rings. The summed E-state index contributed by atoms with van der Waals surface area (Å²) in [6.07, 6.45) is 3.47. The Balaban J connectivity index is 2.07. The Hall–Kier alpha value is -3.85. The molecular formula is C25H26O8S. The van der Waals surface area contributed by atoms with Gasteiger partial charge in [0.05, 0.1) is 39.1 Å². The molecule has 0 heterocycles. The first-order valence-electron chi connectivity index (χ1n) is 10.1. The molecule has 0 bridgehead atoms. The number of ether oxygens (including phenoxy) is 4. The Labute approximate surface area is 198 Å². The highest BCUT2D eigenvalue weighted by Crippen LogP contribution is 2.39. The number of hydrogen-bond acceptors (Lipinski definition) is 8. The Morgan fingerprint density at radius 3 is 1.88 bits per heavy atom. The van der Waals surface area contributed by atoms with Gasteiger partial charge in [-0.25, -0.2) is 8.42 Å². The molecule has 0 aliphatic carbocycles. The minimum absolute atomic E-state index is 0.0373. The standard InChI is InChI=1S/C25H26O8S/c1-30-22-13-16(14-23(31-2)25(22)33-4)5-6-17-7-12-21(27)24(32-3)20(17)15-34(28,29)19-10-8-18(26)9-11-19/h5-14,26-27H,15H2,1-4H3/b6-5-. The minimum atomic E-state index is -3.81. The van der Waals surface area contributed by atoms with E-state index in [0.29, 0.717) is 33.9 Å². The van der Waals surface area contributed by atoms with Crippen LogP contribution in [0.15, 0.2) is 53.4 Å². The molecule has 0 amide bonds. The predicted molar refractivity (Wildman–Crippen MR) is 129 cm³/mol. The Morgan fingerprint density at radius 2 is 1.35 bits per heavy atom. The molecule has 2 N–H and O–H groups in total. The second-order valence-corrected chi connectivity index (χ2v) is 9.22. The van der Waals surface area contributed by atoms with Gasteiger partial charge < -0.3 is 29.2 Å². The third-order valence-electron chi connectivity index (χ3n) is 5.15. The average molecular weight is 487 g/mol. The molecule has 9 heteroatoms. The highest BCUT2D eigenvalue weighted by Gasteiger charge is 2.22. The molecule has 0 aliphatic heterocycles. The summed E-state index contributed by atoms with van der Waals surface area (Å²) in [5.41, 5.74) is 1.54. The fourth-order valence-corrected chi connectivity index (χ4v) is 4.87. The Morgan fingerprint density at radius 1 is 0.765 bits per heavy atom. The monoisotopic (exact) mass is 486 g/mol. The molecular weight excluding hydrogens is 460 g/mol. The number of rotatable bonds is 9. The summed E-state index contributed by atoms with van der Waals surface area (Å²) in [4.78, 5) is 0.0373. The summed E-state index contributed by atoms with van der Waals surface area (Å²) < 4.78 is 47.6. The van der Waals surface area contributed by atoms with Crippen molar-refractivity contribution in [1.29, 1.82) is 0 Å². The summed E-state index contributed by atoms with van der Waals surface area (Å²) in [6, 6.07) is 11.8. The average Bonchev–Trinajstić information content (AvgIpc) is 2.83. The molecule has 3 rings (SSSR count). The van der Waals surface area contributed by atoms with Gasteiger partial charge in [0.25, 0.3) is 0 Å². The van der Waals surface area contributed by atoms with Crippen LogP contribution < -0.4 is 18.9 Å². The number of benzene rings is 3. The van der Waals surface area contributed by atoms with Crippen molar-refractivity contribution >= 4 is 22.0 Å². The van der Waals surface area contributed by atoms with E-state index in [4.69, 9.17) is 18.9 Å².